The lowest BCUT2D eigenvalue weighted by atomic mass is 10.00. The molecule has 4 heteroatoms. The zero-order valence-corrected chi connectivity index (χ0v) is 13.4. The molecular formula is C19H21N3O. The molecule has 0 amide bonds. The highest BCUT2D eigenvalue weighted by Gasteiger charge is 2.16. The molecule has 0 spiro atoms. The van der Waals surface area contributed by atoms with Crippen LogP contribution in [0.25, 0.3) is 0 Å². The summed E-state index contributed by atoms with van der Waals surface area (Å²) >= 11 is 0. The standard InChI is InChI=1S/C15H16N2O.C4H5N/c1-3-12-9-13(16)14(10(2)17-12)15(18)11-7-5-4-6-8-11;1-2-4-5-3-1/h4-9H,3H2,1-2H3,(H2,16,17);1-5H. The Hall–Kier alpha value is -2.88. The fraction of sp³-hybridized carbons (Fsp3) is 0.158. The van der Waals surface area contributed by atoms with Gasteiger partial charge in [-0.15, -0.1) is 0 Å². The van der Waals surface area contributed by atoms with Gasteiger partial charge in [0.2, 0.25) is 0 Å². The number of aryl methyl sites for hydroxylation is 2. The first kappa shape index (κ1) is 16.5. The number of aromatic amines is 1. The number of H-pyrrole nitrogens is 1. The fourth-order valence-corrected chi connectivity index (χ4v) is 2.25. The molecule has 0 aliphatic rings. The summed E-state index contributed by atoms with van der Waals surface area (Å²) in [6.07, 6.45) is 4.56. The first-order valence-electron chi connectivity index (χ1n) is 7.57. The minimum atomic E-state index is -0.0687. The van der Waals surface area contributed by atoms with Crippen LogP contribution < -0.4 is 5.73 Å². The second-order valence-electron chi connectivity index (χ2n) is 5.10. The Labute approximate surface area is 136 Å². The fourth-order valence-electron chi connectivity index (χ4n) is 2.25. The van der Waals surface area contributed by atoms with Crippen molar-refractivity contribution in [1.82, 2.24) is 9.97 Å². The van der Waals surface area contributed by atoms with Gasteiger partial charge in [0.1, 0.15) is 0 Å². The van der Waals surface area contributed by atoms with Crippen LogP contribution in [0, 0.1) is 6.92 Å². The molecule has 4 nitrogen and oxygen atoms in total. The molecule has 0 saturated heterocycles. The van der Waals surface area contributed by atoms with E-state index in [1.165, 1.54) is 0 Å². The van der Waals surface area contributed by atoms with Crippen molar-refractivity contribution >= 4 is 11.5 Å². The van der Waals surface area contributed by atoms with E-state index in [1.807, 2.05) is 56.6 Å². The van der Waals surface area contributed by atoms with E-state index >= 15 is 0 Å². The van der Waals surface area contributed by atoms with Gasteiger partial charge in [0.05, 0.1) is 11.3 Å². The molecule has 0 bridgehead atoms. The topological polar surface area (TPSA) is 71.8 Å². The van der Waals surface area contributed by atoms with Gasteiger partial charge in [0.15, 0.2) is 5.78 Å². The number of carbonyl (C=O) groups excluding carboxylic acids is 1. The molecule has 0 unspecified atom stereocenters. The number of rotatable bonds is 3. The molecule has 3 N–H and O–H groups in total. The lowest BCUT2D eigenvalue weighted by molar-refractivity contribution is 0.103. The Balaban J connectivity index is 0.000000326. The minimum Gasteiger partial charge on any atom is -0.398 e. The van der Waals surface area contributed by atoms with Crippen LogP contribution in [0.15, 0.2) is 60.9 Å². The molecule has 3 rings (SSSR count). The average molecular weight is 307 g/mol. The zero-order valence-electron chi connectivity index (χ0n) is 13.4. The predicted molar refractivity (Wildman–Crippen MR) is 93.4 cm³/mol. The van der Waals surface area contributed by atoms with Crippen molar-refractivity contribution in [3.05, 3.63) is 83.4 Å². The van der Waals surface area contributed by atoms with Crippen LogP contribution in [0.2, 0.25) is 0 Å². The van der Waals surface area contributed by atoms with Gasteiger partial charge in [-0.25, -0.2) is 0 Å². The van der Waals surface area contributed by atoms with Crippen molar-refractivity contribution in [2.45, 2.75) is 20.3 Å². The zero-order chi connectivity index (χ0) is 16.7. The number of pyridine rings is 1. The number of hydrogen-bond donors (Lipinski definition) is 2. The smallest absolute Gasteiger partial charge is 0.196 e. The van der Waals surface area contributed by atoms with E-state index in [0.717, 1.165) is 12.1 Å². The summed E-state index contributed by atoms with van der Waals surface area (Å²) in [5.41, 5.74) is 9.24. The number of hydrogen-bond acceptors (Lipinski definition) is 3. The molecule has 0 aliphatic carbocycles. The Morgan fingerprint density at radius 1 is 1.13 bits per heavy atom. The first-order chi connectivity index (χ1) is 11.1. The van der Waals surface area contributed by atoms with Gasteiger partial charge in [-0.05, 0) is 31.5 Å². The van der Waals surface area contributed by atoms with E-state index < -0.39 is 0 Å². The highest BCUT2D eigenvalue weighted by molar-refractivity contribution is 6.12. The summed E-state index contributed by atoms with van der Waals surface area (Å²) in [7, 11) is 0. The summed E-state index contributed by atoms with van der Waals surface area (Å²) in [6, 6.07) is 14.8. The highest BCUT2D eigenvalue weighted by atomic mass is 16.1. The summed E-state index contributed by atoms with van der Waals surface area (Å²) in [4.78, 5) is 19.6. The molecule has 1 aromatic carbocycles. The quantitative estimate of drug-likeness (QED) is 0.723. The summed E-state index contributed by atoms with van der Waals surface area (Å²) in [6.45, 7) is 3.84. The maximum atomic E-state index is 12.4. The van der Waals surface area contributed by atoms with Crippen molar-refractivity contribution in [2.75, 3.05) is 5.73 Å². The Morgan fingerprint density at radius 3 is 2.26 bits per heavy atom. The number of nitrogens with two attached hydrogens (primary N) is 1. The Kier molecular flexibility index (Phi) is 5.69. The number of ketones is 1. The number of carbonyl (C=O) groups is 1. The van der Waals surface area contributed by atoms with Crippen molar-refractivity contribution in [3.8, 4) is 0 Å². The van der Waals surface area contributed by atoms with E-state index in [4.69, 9.17) is 5.73 Å². The van der Waals surface area contributed by atoms with Crippen molar-refractivity contribution in [3.63, 3.8) is 0 Å². The van der Waals surface area contributed by atoms with Crippen molar-refractivity contribution in [1.29, 1.82) is 0 Å². The SMILES string of the molecule is CCc1cc(N)c(C(=O)c2ccccc2)c(C)n1.c1cc[nH]c1. The van der Waals surface area contributed by atoms with Gasteiger partial charge >= 0.3 is 0 Å². The molecule has 0 fully saturated rings. The molecule has 118 valence electrons. The third-order valence-corrected chi connectivity index (χ3v) is 3.41. The van der Waals surface area contributed by atoms with E-state index in [1.54, 1.807) is 18.2 Å². The predicted octanol–water partition coefficient (Wildman–Crippen LogP) is 3.78. The summed E-state index contributed by atoms with van der Waals surface area (Å²) in [5.74, 6) is -0.0687. The van der Waals surface area contributed by atoms with Gasteiger partial charge in [-0.1, -0.05) is 37.3 Å². The largest absolute Gasteiger partial charge is 0.398 e. The third-order valence-electron chi connectivity index (χ3n) is 3.41. The molecule has 2 aromatic heterocycles. The van der Waals surface area contributed by atoms with Crippen LogP contribution in [-0.2, 0) is 6.42 Å². The Bertz CT molecular complexity index is 709. The third kappa shape index (κ3) is 4.30. The highest BCUT2D eigenvalue weighted by Crippen LogP contribution is 2.20. The molecule has 3 aromatic rings. The van der Waals surface area contributed by atoms with Gasteiger partial charge in [0, 0.05) is 29.3 Å². The number of nitrogens with zero attached hydrogens (tertiary/aromatic N) is 1. The van der Waals surface area contributed by atoms with Crippen LogP contribution in [0.5, 0.6) is 0 Å². The van der Waals surface area contributed by atoms with E-state index in [9.17, 15) is 4.79 Å². The number of benzene rings is 1. The lowest BCUT2D eigenvalue weighted by Gasteiger charge is -2.10. The van der Waals surface area contributed by atoms with Crippen LogP contribution in [0.1, 0.15) is 34.2 Å². The normalized spacial score (nSPS) is 9.83. The second kappa shape index (κ2) is 7.94. The molecule has 0 radical (unpaired) electrons. The molecule has 2 heterocycles. The summed E-state index contributed by atoms with van der Waals surface area (Å²) < 4.78 is 0. The van der Waals surface area contributed by atoms with Crippen molar-refractivity contribution in [2.24, 2.45) is 0 Å². The van der Waals surface area contributed by atoms with Gasteiger partial charge in [-0.3, -0.25) is 9.78 Å². The van der Waals surface area contributed by atoms with E-state index in [-0.39, 0.29) is 5.78 Å². The number of nitrogen functional groups attached to an aromatic ring is 1. The monoisotopic (exact) mass is 307 g/mol. The number of anilines is 1. The van der Waals surface area contributed by atoms with Crippen molar-refractivity contribution < 1.29 is 4.79 Å². The van der Waals surface area contributed by atoms with E-state index in [2.05, 4.69) is 9.97 Å². The van der Waals surface area contributed by atoms with Crippen LogP contribution in [0.4, 0.5) is 5.69 Å². The molecule has 0 saturated carbocycles. The first-order valence-corrected chi connectivity index (χ1v) is 7.57. The molecule has 23 heavy (non-hydrogen) atoms. The lowest BCUT2D eigenvalue weighted by Crippen LogP contribution is -2.10. The van der Waals surface area contributed by atoms with Crippen LogP contribution in [0.3, 0.4) is 0 Å². The van der Waals surface area contributed by atoms with Gasteiger partial charge < -0.3 is 10.7 Å². The average Bonchev–Trinajstić information content (AvgIpc) is 3.14. The minimum absolute atomic E-state index is 0.0687. The maximum absolute atomic E-state index is 12.4. The Morgan fingerprint density at radius 2 is 1.78 bits per heavy atom. The second-order valence-corrected chi connectivity index (χ2v) is 5.10. The summed E-state index contributed by atoms with van der Waals surface area (Å²) in [5, 5.41) is 0. The molecule has 0 atom stereocenters. The number of aromatic nitrogens is 2. The molecule has 0 aliphatic heterocycles. The van der Waals surface area contributed by atoms with Gasteiger partial charge in [-0.2, -0.15) is 0 Å². The van der Waals surface area contributed by atoms with E-state index in [0.29, 0.717) is 22.5 Å². The maximum Gasteiger partial charge on any atom is 0.196 e. The number of nitrogens with one attached hydrogen (secondary N) is 1. The van der Waals surface area contributed by atoms with Crippen LogP contribution >= 0.6 is 0 Å². The molecular weight excluding hydrogens is 286 g/mol. The van der Waals surface area contributed by atoms with Gasteiger partial charge in [0.25, 0.3) is 0 Å². The van der Waals surface area contributed by atoms with Crippen LogP contribution in [-0.4, -0.2) is 15.8 Å².